The molecule has 1 aromatic heterocycles. The Bertz CT molecular complexity index is 274. The molecule has 0 aliphatic heterocycles. The van der Waals surface area contributed by atoms with Crippen LogP contribution in [0.3, 0.4) is 0 Å². The molecule has 0 saturated heterocycles. The third-order valence-electron chi connectivity index (χ3n) is 1.98. The molecule has 0 aliphatic carbocycles. The van der Waals surface area contributed by atoms with E-state index in [-0.39, 0.29) is 0 Å². The number of pyridine rings is 1. The first-order chi connectivity index (χ1) is 7.27. The lowest BCUT2D eigenvalue weighted by Gasteiger charge is -2.11. The van der Waals surface area contributed by atoms with Crippen LogP contribution in [0.4, 0.5) is 0 Å². The summed E-state index contributed by atoms with van der Waals surface area (Å²) in [5, 5.41) is 9.70. The van der Waals surface area contributed by atoms with Crippen molar-refractivity contribution in [2.45, 2.75) is 19.4 Å². The van der Waals surface area contributed by atoms with E-state index in [2.05, 4.69) is 4.98 Å². The highest BCUT2D eigenvalue weighted by Gasteiger charge is 2.07. The van der Waals surface area contributed by atoms with E-state index < -0.39 is 6.10 Å². The summed E-state index contributed by atoms with van der Waals surface area (Å²) >= 11 is 0. The normalized spacial score (nSPS) is 12.5. The molecule has 0 fully saturated rings. The van der Waals surface area contributed by atoms with E-state index in [9.17, 15) is 5.11 Å². The fraction of sp³-hybridized carbons (Fsp3) is 0.545. The molecule has 0 bridgehead atoms. The van der Waals surface area contributed by atoms with Crippen LogP contribution >= 0.6 is 0 Å². The molecule has 15 heavy (non-hydrogen) atoms. The zero-order chi connectivity index (χ0) is 11.1. The second kappa shape index (κ2) is 6.37. The van der Waals surface area contributed by atoms with E-state index in [1.807, 2.05) is 6.92 Å². The van der Waals surface area contributed by atoms with Gasteiger partial charge in [0.1, 0.15) is 6.10 Å². The van der Waals surface area contributed by atoms with Crippen molar-refractivity contribution in [3.05, 3.63) is 23.9 Å². The minimum Gasteiger partial charge on any atom is -0.481 e. The van der Waals surface area contributed by atoms with Crippen LogP contribution in [0, 0.1) is 0 Å². The van der Waals surface area contributed by atoms with Gasteiger partial charge in [-0.25, -0.2) is 4.98 Å². The van der Waals surface area contributed by atoms with Crippen molar-refractivity contribution in [1.82, 2.24) is 4.98 Å². The van der Waals surface area contributed by atoms with Crippen LogP contribution in [-0.4, -0.2) is 30.4 Å². The molecule has 1 rings (SSSR count). The Balaban J connectivity index is 2.46. The molecule has 4 nitrogen and oxygen atoms in total. The number of hydrogen-bond acceptors (Lipinski definition) is 4. The first-order valence-electron chi connectivity index (χ1n) is 5.03. The number of rotatable bonds is 6. The molecule has 1 heterocycles. The van der Waals surface area contributed by atoms with Gasteiger partial charge in [0.2, 0.25) is 5.88 Å². The highest BCUT2D eigenvalue weighted by Crippen LogP contribution is 2.14. The Kier molecular flexibility index (Phi) is 5.07. The summed E-state index contributed by atoms with van der Waals surface area (Å²) in [6.45, 7) is 3.00. The fourth-order valence-electron chi connectivity index (χ4n) is 1.15. The smallest absolute Gasteiger partial charge is 0.212 e. The number of aliphatic hydroxyl groups excluding tert-OH is 1. The predicted octanol–water partition coefficient (Wildman–Crippen LogP) is 1.55. The highest BCUT2D eigenvalue weighted by molar-refractivity contribution is 5.19. The van der Waals surface area contributed by atoms with Crippen LogP contribution in [-0.2, 0) is 4.74 Å². The SMILES string of the molecule is CCCOCC(O)c1ccc(OC)nc1. The molecular weight excluding hydrogens is 194 g/mol. The second-order valence-corrected chi connectivity index (χ2v) is 3.22. The average molecular weight is 211 g/mol. The molecule has 0 spiro atoms. The van der Waals surface area contributed by atoms with Crippen molar-refractivity contribution in [2.75, 3.05) is 20.3 Å². The third kappa shape index (κ3) is 3.85. The summed E-state index contributed by atoms with van der Waals surface area (Å²) in [6.07, 6.45) is 1.93. The first kappa shape index (κ1) is 11.9. The largest absolute Gasteiger partial charge is 0.481 e. The van der Waals surface area contributed by atoms with Crippen LogP contribution < -0.4 is 4.74 Å². The molecule has 0 aromatic carbocycles. The molecule has 84 valence electrons. The number of nitrogens with zero attached hydrogens (tertiary/aromatic N) is 1. The molecule has 0 radical (unpaired) electrons. The minimum absolute atomic E-state index is 0.307. The Morgan fingerprint density at radius 2 is 2.27 bits per heavy atom. The van der Waals surface area contributed by atoms with Gasteiger partial charge in [0.15, 0.2) is 0 Å². The van der Waals surface area contributed by atoms with Gasteiger partial charge in [0.25, 0.3) is 0 Å². The number of hydrogen-bond donors (Lipinski definition) is 1. The van der Waals surface area contributed by atoms with Crippen molar-refractivity contribution in [1.29, 1.82) is 0 Å². The van der Waals surface area contributed by atoms with Gasteiger partial charge in [-0.05, 0) is 12.5 Å². The zero-order valence-electron chi connectivity index (χ0n) is 9.14. The summed E-state index contributed by atoms with van der Waals surface area (Å²) in [4.78, 5) is 4.01. The molecule has 1 atom stereocenters. The summed E-state index contributed by atoms with van der Waals surface area (Å²) in [7, 11) is 1.56. The van der Waals surface area contributed by atoms with Gasteiger partial charge in [-0.2, -0.15) is 0 Å². The summed E-state index contributed by atoms with van der Waals surface area (Å²) in [6, 6.07) is 3.50. The Morgan fingerprint density at radius 3 is 2.80 bits per heavy atom. The summed E-state index contributed by atoms with van der Waals surface area (Å²) in [5.74, 6) is 0.542. The highest BCUT2D eigenvalue weighted by atomic mass is 16.5. The number of aromatic nitrogens is 1. The van der Waals surface area contributed by atoms with E-state index in [1.54, 1.807) is 25.4 Å². The monoisotopic (exact) mass is 211 g/mol. The standard InChI is InChI=1S/C11H17NO3/c1-3-6-15-8-10(13)9-4-5-11(14-2)12-7-9/h4-5,7,10,13H,3,6,8H2,1-2H3. The minimum atomic E-state index is -0.616. The second-order valence-electron chi connectivity index (χ2n) is 3.22. The summed E-state index contributed by atoms with van der Waals surface area (Å²) < 4.78 is 10.2. The number of ether oxygens (including phenoxy) is 2. The van der Waals surface area contributed by atoms with Crippen LogP contribution in [0.2, 0.25) is 0 Å². The van der Waals surface area contributed by atoms with Crippen molar-refractivity contribution in [3.63, 3.8) is 0 Å². The lowest BCUT2D eigenvalue weighted by Crippen LogP contribution is -2.08. The molecule has 0 saturated carbocycles. The Labute approximate surface area is 89.9 Å². The van der Waals surface area contributed by atoms with Gasteiger partial charge in [-0.3, -0.25) is 0 Å². The van der Waals surface area contributed by atoms with E-state index >= 15 is 0 Å². The maximum absolute atomic E-state index is 9.70. The maximum Gasteiger partial charge on any atom is 0.212 e. The van der Waals surface area contributed by atoms with Gasteiger partial charge < -0.3 is 14.6 Å². The first-order valence-corrected chi connectivity index (χ1v) is 5.03. The molecule has 1 aromatic rings. The van der Waals surface area contributed by atoms with Crippen LogP contribution in [0.5, 0.6) is 5.88 Å². The van der Waals surface area contributed by atoms with Crippen LogP contribution in [0.25, 0.3) is 0 Å². The van der Waals surface area contributed by atoms with Gasteiger partial charge in [-0.1, -0.05) is 6.92 Å². The average Bonchev–Trinajstić information content (AvgIpc) is 2.29. The maximum atomic E-state index is 9.70. The molecule has 1 unspecified atom stereocenters. The van der Waals surface area contributed by atoms with Gasteiger partial charge in [0, 0.05) is 24.4 Å². The van der Waals surface area contributed by atoms with Crippen LogP contribution in [0.15, 0.2) is 18.3 Å². The number of methoxy groups -OCH3 is 1. The molecule has 1 N–H and O–H groups in total. The Morgan fingerprint density at radius 1 is 1.47 bits per heavy atom. The van der Waals surface area contributed by atoms with Gasteiger partial charge in [0.05, 0.1) is 13.7 Å². The van der Waals surface area contributed by atoms with E-state index in [1.165, 1.54) is 0 Å². The van der Waals surface area contributed by atoms with E-state index in [0.717, 1.165) is 12.0 Å². The van der Waals surface area contributed by atoms with Crippen LogP contribution in [0.1, 0.15) is 25.0 Å². The van der Waals surface area contributed by atoms with Crippen molar-refractivity contribution < 1.29 is 14.6 Å². The molecular formula is C11H17NO3. The summed E-state index contributed by atoms with van der Waals surface area (Å²) in [5.41, 5.74) is 0.743. The fourth-order valence-corrected chi connectivity index (χ4v) is 1.15. The topological polar surface area (TPSA) is 51.6 Å². The third-order valence-corrected chi connectivity index (χ3v) is 1.98. The van der Waals surface area contributed by atoms with E-state index in [4.69, 9.17) is 9.47 Å². The zero-order valence-corrected chi connectivity index (χ0v) is 9.14. The lowest BCUT2D eigenvalue weighted by atomic mass is 10.2. The quantitative estimate of drug-likeness (QED) is 0.725. The van der Waals surface area contributed by atoms with Gasteiger partial charge in [-0.15, -0.1) is 0 Å². The molecule has 4 heteroatoms. The van der Waals surface area contributed by atoms with Crippen molar-refractivity contribution in [3.8, 4) is 5.88 Å². The van der Waals surface area contributed by atoms with Crippen molar-refractivity contribution >= 4 is 0 Å². The van der Waals surface area contributed by atoms with Crippen molar-refractivity contribution in [2.24, 2.45) is 0 Å². The van der Waals surface area contributed by atoms with Gasteiger partial charge >= 0.3 is 0 Å². The Hall–Kier alpha value is -1.13. The molecule has 0 aliphatic rings. The predicted molar refractivity (Wildman–Crippen MR) is 56.9 cm³/mol. The van der Waals surface area contributed by atoms with E-state index in [0.29, 0.717) is 19.1 Å². The lowest BCUT2D eigenvalue weighted by molar-refractivity contribution is 0.0362. The molecule has 0 amide bonds. The number of aliphatic hydroxyl groups is 1.